The molecule has 0 radical (unpaired) electrons. The van der Waals surface area contributed by atoms with Gasteiger partial charge in [-0.15, -0.1) is 0 Å². The molecule has 3 aromatic rings. The van der Waals surface area contributed by atoms with Gasteiger partial charge in [0.2, 0.25) is 5.54 Å². The van der Waals surface area contributed by atoms with Crippen LogP contribution in [0.5, 0.6) is 5.75 Å². The van der Waals surface area contributed by atoms with Crippen LogP contribution in [0.1, 0.15) is 27.2 Å². The number of carbonyl (C=O) groups excluding carboxylic acids is 3. The number of H-pyrrole nitrogens is 1. The minimum Gasteiger partial charge on any atom is -0.507 e. The van der Waals surface area contributed by atoms with Crippen LogP contribution in [0.4, 0.5) is 0 Å². The second-order valence-electron chi connectivity index (χ2n) is 8.60. The molecule has 35 heavy (non-hydrogen) atoms. The maximum Gasteiger partial charge on any atom is 0.343 e. The molecule has 3 heterocycles. The topological polar surface area (TPSA) is 109 Å². The second kappa shape index (κ2) is 8.16. The van der Waals surface area contributed by atoms with Crippen molar-refractivity contribution in [3.8, 4) is 5.75 Å². The first kappa shape index (κ1) is 22.5. The number of nitrogens with zero attached hydrogens (tertiary/aromatic N) is 1. The minimum atomic E-state index is -1.66. The van der Waals surface area contributed by atoms with E-state index in [0.717, 1.165) is 22.0 Å². The van der Waals surface area contributed by atoms with Crippen LogP contribution in [0, 0.1) is 6.92 Å². The summed E-state index contributed by atoms with van der Waals surface area (Å²) in [5.74, 6) is -2.10. The number of phenolic OH excluding ortho intramolecular Hbond substituents is 1. The summed E-state index contributed by atoms with van der Waals surface area (Å²) in [4.78, 5) is 45.2. The molecule has 2 aliphatic heterocycles. The number of ether oxygens (including phenoxy) is 2. The molecule has 1 aromatic heterocycles. The van der Waals surface area contributed by atoms with Crippen molar-refractivity contribution in [1.29, 1.82) is 0 Å². The highest BCUT2D eigenvalue weighted by molar-refractivity contribution is 6.14. The van der Waals surface area contributed by atoms with Gasteiger partial charge in [0.1, 0.15) is 5.75 Å². The monoisotopic (exact) mass is 472 g/mol. The molecule has 8 nitrogen and oxygen atoms in total. The molecule has 0 saturated carbocycles. The van der Waals surface area contributed by atoms with Gasteiger partial charge < -0.3 is 24.5 Å². The zero-order valence-corrected chi connectivity index (χ0v) is 19.5. The first-order chi connectivity index (χ1) is 16.8. The largest absolute Gasteiger partial charge is 0.507 e. The Balaban J connectivity index is 1.78. The molecule has 0 amide bonds. The summed E-state index contributed by atoms with van der Waals surface area (Å²) in [6.45, 7) is 2.31. The van der Waals surface area contributed by atoms with Crippen molar-refractivity contribution < 1.29 is 29.0 Å². The van der Waals surface area contributed by atoms with Crippen LogP contribution in [-0.2, 0) is 31.0 Å². The van der Waals surface area contributed by atoms with Crippen molar-refractivity contribution in [1.82, 2.24) is 9.88 Å². The van der Waals surface area contributed by atoms with E-state index < -0.39 is 23.3 Å². The third kappa shape index (κ3) is 3.10. The molecule has 1 atom stereocenters. The number of hydrogen-bond donors (Lipinski definition) is 2. The van der Waals surface area contributed by atoms with E-state index in [1.54, 1.807) is 23.2 Å². The predicted octanol–water partition coefficient (Wildman–Crippen LogP) is 3.29. The quantitative estimate of drug-likeness (QED) is 0.443. The van der Waals surface area contributed by atoms with Gasteiger partial charge in [0.25, 0.3) is 0 Å². The number of methoxy groups -OCH3 is 2. The number of phenols is 1. The second-order valence-corrected chi connectivity index (χ2v) is 8.60. The SMILES string of the molecule is COC(=O)C1=CC(C(=O)c2ccccc2O)=CN2CCc3c([nH]c4c(C)cccc34)C12C(=O)OC. The number of aromatic nitrogens is 1. The Hall–Kier alpha value is -4.33. The van der Waals surface area contributed by atoms with Crippen LogP contribution in [0.2, 0.25) is 0 Å². The number of ketones is 1. The first-order valence-corrected chi connectivity index (χ1v) is 11.1. The van der Waals surface area contributed by atoms with E-state index in [-0.39, 0.29) is 22.5 Å². The maximum atomic E-state index is 13.6. The molecule has 178 valence electrons. The van der Waals surface area contributed by atoms with Crippen LogP contribution in [-0.4, -0.2) is 53.5 Å². The van der Waals surface area contributed by atoms with Crippen LogP contribution in [0.25, 0.3) is 10.9 Å². The minimum absolute atomic E-state index is 0.0433. The smallest absolute Gasteiger partial charge is 0.343 e. The van der Waals surface area contributed by atoms with E-state index in [4.69, 9.17) is 9.47 Å². The Morgan fingerprint density at radius 2 is 1.83 bits per heavy atom. The van der Waals surface area contributed by atoms with Crippen LogP contribution < -0.4 is 0 Å². The molecule has 0 aliphatic carbocycles. The number of fused-ring (bicyclic) bond motifs is 5. The zero-order valence-electron chi connectivity index (χ0n) is 19.5. The predicted molar refractivity (Wildman–Crippen MR) is 128 cm³/mol. The fourth-order valence-electron chi connectivity index (χ4n) is 5.19. The van der Waals surface area contributed by atoms with E-state index in [1.165, 1.54) is 32.4 Å². The van der Waals surface area contributed by atoms with Crippen molar-refractivity contribution >= 4 is 28.6 Å². The fraction of sp³-hybridized carbons (Fsp3) is 0.222. The van der Waals surface area contributed by atoms with E-state index >= 15 is 0 Å². The van der Waals surface area contributed by atoms with Crippen LogP contribution in [0.3, 0.4) is 0 Å². The van der Waals surface area contributed by atoms with Gasteiger partial charge in [0, 0.05) is 29.2 Å². The van der Waals surface area contributed by atoms with Gasteiger partial charge in [-0.3, -0.25) is 4.79 Å². The molecule has 8 heteroatoms. The Morgan fingerprint density at radius 3 is 2.54 bits per heavy atom. The number of esters is 2. The van der Waals surface area contributed by atoms with Crippen molar-refractivity contribution in [2.24, 2.45) is 0 Å². The summed E-state index contributed by atoms with van der Waals surface area (Å²) in [7, 11) is 2.49. The number of allylic oxidation sites excluding steroid dienone is 2. The standard InChI is InChI=1S/C27H24N2O6/c1-15-7-6-9-17-18-11-12-29-14-16(23(31)19-8-4-5-10-21(19)30)13-20(25(32)34-2)27(29,26(33)35-3)24(18)28-22(15)17/h4-10,13-14,28,30H,11-12H2,1-3H3. The molecule has 2 N–H and O–H groups in total. The number of aryl methyl sites for hydroxylation is 1. The average molecular weight is 472 g/mol. The van der Waals surface area contributed by atoms with Crippen LogP contribution in [0.15, 0.2) is 65.9 Å². The van der Waals surface area contributed by atoms with Crippen LogP contribution >= 0.6 is 0 Å². The van der Waals surface area contributed by atoms with Gasteiger partial charge in [0.15, 0.2) is 5.78 Å². The first-order valence-electron chi connectivity index (χ1n) is 11.1. The third-order valence-corrected chi connectivity index (χ3v) is 6.83. The molecular weight excluding hydrogens is 448 g/mol. The zero-order chi connectivity index (χ0) is 24.9. The highest BCUT2D eigenvalue weighted by Crippen LogP contribution is 2.48. The van der Waals surface area contributed by atoms with E-state index in [9.17, 15) is 19.5 Å². The maximum absolute atomic E-state index is 13.6. The molecular formula is C27H24N2O6. The summed E-state index contributed by atoms with van der Waals surface area (Å²) in [5.41, 5.74) is 1.81. The van der Waals surface area contributed by atoms with Crippen molar-refractivity contribution in [2.45, 2.75) is 18.9 Å². The van der Waals surface area contributed by atoms with E-state index in [2.05, 4.69) is 4.98 Å². The fourth-order valence-corrected chi connectivity index (χ4v) is 5.19. The Labute approximate surface area is 201 Å². The number of hydrogen-bond acceptors (Lipinski definition) is 7. The van der Waals surface area contributed by atoms with Gasteiger partial charge in [-0.05, 0) is 42.7 Å². The number of para-hydroxylation sites is 2. The number of benzene rings is 2. The Bertz CT molecular complexity index is 1460. The van der Waals surface area contributed by atoms with Crippen molar-refractivity contribution in [3.05, 3.63) is 88.3 Å². The Kier molecular flexibility index (Phi) is 5.24. The van der Waals surface area contributed by atoms with Gasteiger partial charge in [-0.1, -0.05) is 30.3 Å². The van der Waals surface area contributed by atoms with E-state index in [1.807, 2.05) is 25.1 Å². The molecule has 1 unspecified atom stereocenters. The number of aromatic hydroxyl groups is 1. The number of carbonyl (C=O) groups is 3. The molecule has 0 bridgehead atoms. The lowest BCUT2D eigenvalue weighted by atomic mass is 9.75. The van der Waals surface area contributed by atoms with Gasteiger partial charge in [-0.2, -0.15) is 0 Å². The highest BCUT2D eigenvalue weighted by atomic mass is 16.5. The number of Topliss-reactive ketones (excluding diaryl/α,β-unsaturated/α-hetero) is 1. The number of aromatic amines is 1. The normalized spacial score (nSPS) is 18.8. The number of rotatable bonds is 4. The summed E-state index contributed by atoms with van der Waals surface area (Å²) in [6, 6.07) is 12.1. The van der Waals surface area contributed by atoms with Gasteiger partial charge in [-0.25, -0.2) is 9.59 Å². The highest BCUT2D eigenvalue weighted by Gasteiger charge is 2.58. The molecule has 0 saturated heterocycles. The van der Waals surface area contributed by atoms with E-state index in [0.29, 0.717) is 18.7 Å². The summed E-state index contributed by atoms with van der Waals surface area (Å²) < 4.78 is 10.3. The lowest BCUT2D eigenvalue weighted by molar-refractivity contribution is -0.156. The molecule has 0 spiro atoms. The summed E-state index contributed by atoms with van der Waals surface area (Å²) in [6.07, 6.45) is 3.49. The molecule has 5 rings (SSSR count). The number of nitrogens with one attached hydrogen (secondary N) is 1. The summed E-state index contributed by atoms with van der Waals surface area (Å²) >= 11 is 0. The lowest BCUT2D eigenvalue weighted by Crippen LogP contribution is -2.58. The molecule has 2 aliphatic rings. The molecule has 2 aromatic carbocycles. The molecule has 0 fully saturated rings. The summed E-state index contributed by atoms with van der Waals surface area (Å²) in [5, 5.41) is 11.2. The van der Waals surface area contributed by atoms with Gasteiger partial charge in [0.05, 0.1) is 31.1 Å². The van der Waals surface area contributed by atoms with Crippen molar-refractivity contribution in [2.75, 3.05) is 20.8 Å². The average Bonchev–Trinajstić information content (AvgIpc) is 3.27. The Morgan fingerprint density at radius 1 is 1.06 bits per heavy atom. The van der Waals surface area contributed by atoms with Gasteiger partial charge >= 0.3 is 11.9 Å². The lowest BCUT2D eigenvalue weighted by Gasteiger charge is -2.46. The van der Waals surface area contributed by atoms with Crippen molar-refractivity contribution in [3.63, 3.8) is 0 Å². The third-order valence-electron chi connectivity index (χ3n) is 6.83.